The van der Waals surface area contributed by atoms with Crippen LogP contribution in [0.4, 0.5) is 0 Å². The number of nitrogens with one attached hydrogen (secondary N) is 1. The molecular weight excluding hydrogens is 274 g/mol. The van der Waals surface area contributed by atoms with E-state index in [1.165, 1.54) is 38.9 Å². The van der Waals surface area contributed by atoms with E-state index in [-0.39, 0.29) is 0 Å². The number of hydrogen-bond donors (Lipinski definition) is 1. The van der Waals surface area contributed by atoms with Crippen LogP contribution in [-0.4, -0.2) is 7.05 Å². The zero-order valence-corrected chi connectivity index (χ0v) is 13.0. The molecule has 1 aliphatic rings. The van der Waals surface area contributed by atoms with E-state index in [1.807, 2.05) is 11.3 Å². The van der Waals surface area contributed by atoms with Gasteiger partial charge in [-0.1, -0.05) is 36.4 Å². The fraction of sp³-hybridized carbons (Fsp3) is 0.263. The maximum absolute atomic E-state index is 3.49. The molecule has 0 saturated heterocycles. The van der Waals surface area contributed by atoms with E-state index in [9.17, 15) is 0 Å². The lowest BCUT2D eigenvalue weighted by atomic mass is 10.1. The predicted molar refractivity (Wildman–Crippen MR) is 91.8 cm³/mol. The summed E-state index contributed by atoms with van der Waals surface area (Å²) in [4.78, 5) is 2.85. The first-order valence-electron chi connectivity index (χ1n) is 7.61. The van der Waals surface area contributed by atoms with Gasteiger partial charge in [0.2, 0.25) is 0 Å². The highest BCUT2D eigenvalue weighted by molar-refractivity contribution is 7.15. The van der Waals surface area contributed by atoms with Crippen molar-refractivity contribution in [2.75, 3.05) is 7.05 Å². The molecule has 1 aromatic heterocycles. The number of rotatable bonds is 4. The number of thiophene rings is 1. The molecule has 2 aromatic carbocycles. The Hall–Kier alpha value is -1.64. The molecule has 0 amide bonds. The van der Waals surface area contributed by atoms with Crippen molar-refractivity contribution in [1.82, 2.24) is 5.32 Å². The molecule has 0 spiro atoms. The van der Waals surface area contributed by atoms with Crippen LogP contribution < -0.4 is 5.32 Å². The molecule has 4 rings (SSSR count). The topological polar surface area (TPSA) is 12.0 Å². The molecular formula is C19H19NS. The smallest absolute Gasteiger partial charge is 0.0441 e. The van der Waals surface area contributed by atoms with Crippen molar-refractivity contribution < 1.29 is 0 Å². The van der Waals surface area contributed by atoms with Crippen LogP contribution in [0.3, 0.4) is 0 Å². The summed E-state index contributed by atoms with van der Waals surface area (Å²) in [5.41, 5.74) is 1.33. The van der Waals surface area contributed by atoms with Crippen LogP contribution in [0.5, 0.6) is 0 Å². The van der Waals surface area contributed by atoms with Gasteiger partial charge in [-0.3, -0.25) is 0 Å². The van der Waals surface area contributed by atoms with Gasteiger partial charge in [-0.25, -0.2) is 0 Å². The quantitative estimate of drug-likeness (QED) is 0.693. The third kappa shape index (κ3) is 2.50. The van der Waals surface area contributed by atoms with E-state index in [0.717, 1.165) is 5.92 Å². The Kier molecular flexibility index (Phi) is 3.28. The molecule has 0 aliphatic heterocycles. The van der Waals surface area contributed by atoms with Crippen molar-refractivity contribution in [3.05, 3.63) is 59.5 Å². The van der Waals surface area contributed by atoms with Crippen molar-refractivity contribution in [3.8, 4) is 10.4 Å². The Morgan fingerprint density at radius 3 is 2.57 bits per heavy atom. The fourth-order valence-corrected chi connectivity index (χ4v) is 4.27. The summed E-state index contributed by atoms with van der Waals surface area (Å²) in [7, 11) is 2.08. The normalized spacial score (nSPS) is 16.2. The second kappa shape index (κ2) is 5.28. The largest absolute Gasteiger partial charge is 0.312 e. The molecule has 1 saturated carbocycles. The van der Waals surface area contributed by atoms with Gasteiger partial charge >= 0.3 is 0 Å². The Morgan fingerprint density at radius 1 is 1.00 bits per heavy atom. The Morgan fingerprint density at radius 2 is 1.81 bits per heavy atom. The summed E-state index contributed by atoms with van der Waals surface area (Å²) >= 11 is 1.93. The third-order valence-electron chi connectivity index (χ3n) is 4.37. The predicted octanol–water partition coefficient (Wildman–Crippen LogP) is 5.24. The van der Waals surface area contributed by atoms with Crippen molar-refractivity contribution >= 4 is 22.1 Å². The standard InChI is InChI=1S/C19H19NS/c1-20-19(14-7-8-14)18-11-10-17(21-18)16-9-6-13-4-2-3-5-15(13)12-16/h2-6,9-12,14,19-20H,7-8H2,1H3. The summed E-state index contributed by atoms with van der Waals surface area (Å²) in [6, 6.07) is 20.4. The van der Waals surface area contributed by atoms with Gasteiger partial charge in [0.15, 0.2) is 0 Å². The van der Waals surface area contributed by atoms with Crippen molar-refractivity contribution in [1.29, 1.82) is 0 Å². The second-order valence-corrected chi connectivity index (χ2v) is 6.98. The molecule has 2 heteroatoms. The molecule has 1 aliphatic carbocycles. The minimum atomic E-state index is 0.546. The van der Waals surface area contributed by atoms with Gasteiger partial charge in [0.25, 0.3) is 0 Å². The van der Waals surface area contributed by atoms with Crippen LogP contribution >= 0.6 is 11.3 Å². The molecule has 1 fully saturated rings. The van der Waals surface area contributed by atoms with E-state index < -0.39 is 0 Å². The summed E-state index contributed by atoms with van der Waals surface area (Å²) < 4.78 is 0. The second-order valence-electron chi connectivity index (χ2n) is 5.87. The third-order valence-corrected chi connectivity index (χ3v) is 5.59. The first kappa shape index (κ1) is 13.1. The number of fused-ring (bicyclic) bond motifs is 1. The molecule has 0 radical (unpaired) electrons. The maximum atomic E-state index is 3.49. The maximum Gasteiger partial charge on any atom is 0.0441 e. The van der Waals surface area contributed by atoms with Gasteiger partial charge in [0, 0.05) is 15.8 Å². The van der Waals surface area contributed by atoms with E-state index in [0.29, 0.717) is 6.04 Å². The number of benzene rings is 2. The minimum absolute atomic E-state index is 0.546. The van der Waals surface area contributed by atoms with Crippen LogP contribution in [0.1, 0.15) is 23.8 Å². The molecule has 1 atom stereocenters. The van der Waals surface area contributed by atoms with Crippen LogP contribution in [0.15, 0.2) is 54.6 Å². The molecule has 1 N–H and O–H groups in total. The van der Waals surface area contributed by atoms with E-state index in [4.69, 9.17) is 0 Å². The SMILES string of the molecule is CNC(c1ccc(-c2ccc3ccccc3c2)s1)C1CC1. The van der Waals surface area contributed by atoms with Crippen LogP contribution in [0, 0.1) is 5.92 Å². The molecule has 0 bridgehead atoms. The van der Waals surface area contributed by atoms with Crippen LogP contribution in [-0.2, 0) is 0 Å². The summed E-state index contributed by atoms with van der Waals surface area (Å²) in [5, 5.41) is 6.11. The van der Waals surface area contributed by atoms with Crippen LogP contribution in [0.25, 0.3) is 21.2 Å². The highest BCUT2D eigenvalue weighted by atomic mass is 32.1. The minimum Gasteiger partial charge on any atom is -0.312 e. The molecule has 106 valence electrons. The lowest BCUT2D eigenvalue weighted by molar-refractivity contribution is 0.537. The van der Waals surface area contributed by atoms with E-state index >= 15 is 0 Å². The zero-order chi connectivity index (χ0) is 14.2. The van der Waals surface area contributed by atoms with Crippen LogP contribution in [0.2, 0.25) is 0 Å². The monoisotopic (exact) mass is 293 g/mol. The number of hydrogen-bond acceptors (Lipinski definition) is 2. The molecule has 3 aromatic rings. The van der Waals surface area contributed by atoms with Gasteiger partial charge in [0.05, 0.1) is 0 Å². The molecule has 21 heavy (non-hydrogen) atoms. The lowest BCUT2D eigenvalue weighted by Crippen LogP contribution is -2.16. The van der Waals surface area contributed by atoms with Gasteiger partial charge in [-0.2, -0.15) is 0 Å². The Labute approximate surface area is 129 Å². The highest BCUT2D eigenvalue weighted by Crippen LogP contribution is 2.44. The average Bonchev–Trinajstić information content (AvgIpc) is 3.24. The van der Waals surface area contributed by atoms with Gasteiger partial charge in [0.1, 0.15) is 0 Å². The lowest BCUT2D eigenvalue weighted by Gasteiger charge is -2.12. The van der Waals surface area contributed by atoms with E-state index in [2.05, 4.69) is 67.0 Å². The Balaban J connectivity index is 1.70. The highest BCUT2D eigenvalue weighted by Gasteiger charge is 2.32. The van der Waals surface area contributed by atoms with Crippen molar-refractivity contribution in [2.45, 2.75) is 18.9 Å². The van der Waals surface area contributed by atoms with Gasteiger partial charge in [-0.15, -0.1) is 11.3 Å². The summed E-state index contributed by atoms with van der Waals surface area (Å²) in [6.07, 6.45) is 2.74. The molecule has 1 heterocycles. The molecule has 1 unspecified atom stereocenters. The van der Waals surface area contributed by atoms with E-state index in [1.54, 1.807) is 0 Å². The zero-order valence-electron chi connectivity index (χ0n) is 12.2. The summed E-state index contributed by atoms with van der Waals surface area (Å²) in [6.45, 7) is 0. The Bertz CT molecular complexity index is 770. The van der Waals surface area contributed by atoms with Crippen molar-refractivity contribution in [2.24, 2.45) is 5.92 Å². The first-order valence-corrected chi connectivity index (χ1v) is 8.43. The van der Waals surface area contributed by atoms with Gasteiger partial charge in [-0.05, 0) is 60.3 Å². The fourth-order valence-electron chi connectivity index (χ4n) is 3.06. The van der Waals surface area contributed by atoms with Crippen molar-refractivity contribution in [3.63, 3.8) is 0 Å². The molecule has 1 nitrogen and oxygen atoms in total. The van der Waals surface area contributed by atoms with Gasteiger partial charge < -0.3 is 5.32 Å². The average molecular weight is 293 g/mol. The summed E-state index contributed by atoms with van der Waals surface area (Å²) in [5.74, 6) is 0.845. The first-order chi connectivity index (χ1) is 10.3.